The van der Waals surface area contributed by atoms with Crippen LogP contribution in [0.3, 0.4) is 0 Å². The maximum Gasteiger partial charge on any atom is 0.249 e. The Morgan fingerprint density at radius 3 is 2.69 bits per heavy atom. The lowest BCUT2D eigenvalue weighted by atomic mass is 10.0. The first-order chi connectivity index (χ1) is 7.61. The van der Waals surface area contributed by atoms with Crippen molar-refractivity contribution in [3.05, 3.63) is 35.2 Å². The van der Waals surface area contributed by atoms with Crippen molar-refractivity contribution < 1.29 is 15.0 Å². The summed E-state index contributed by atoms with van der Waals surface area (Å²) in [6, 6.07) is 7.46. The van der Waals surface area contributed by atoms with Crippen LogP contribution >= 0.6 is 11.3 Å². The van der Waals surface area contributed by atoms with Crippen molar-refractivity contribution in [1.29, 1.82) is 0 Å². The Kier molecular flexibility index (Phi) is 2.91. The van der Waals surface area contributed by atoms with Crippen LogP contribution in [0.15, 0.2) is 29.6 Å². The molecular weight excluding hydrogens is 226 g/mol. The molecule has 0 spiro atoms. The van der Waals surface area contributed by atoms with Gasteiger partial charge in [0.05, 0.1) is 0 Å². The molecule has 1 aromatic carbocycles. The number of primary amides is 1. The fourth-order valence-electron chi connectivity index (χ4n) is 1.55. The van der Waals surface area contributed by atoms with E-state index in [1.54, 1.807) is 5.38 Å². The fraction of sp³-hybridized carbons (Fsp3) is 0.182. The number of benzene rings is 1. The maximum atomic E-state index is 10.8. The molecule has 4 nitrogen and oxygen atoms in total. The molecule has 2 aromatic rings. The van der Waals surface area contributed by atoms with Gasteiger partial charge in [0.15, 0.2) is 6.10 Å². The molecule has 1 heterocycles. The molecule has 2 rings (SSSR count). The van der Waals surface area contributed by atoms with E-state index in [4.69, 9.17) is 5.73 Å². The lowest BCUT2D eigenvalue weighted by molar-refractivity contribution is -0.131. The molecule has 0 radical (unpaired) electrons. The monoisotopic (exact) mass is 237 g/mol. The van der Waals surface area contributed by atoms with Crippen LogP contribution in [0.1, 0.15) is 11.7 Å². The molecule has 2 atom stereocenters. The summed E-state index contributed by atoms with van der Waals surface area (Å²) >= 11 is 1.45. The third kappa shape index (κ3) is 1.80. The number of amides is 1. The molecule has 5 heteroatoms. The summed E-state index contributed by atoms with van der Waals surface area (Å²) in [7, 11) is 0. The number of thiophene rings is 1. The number of aliphatic hydroxyl groups is 2. The second-order valence-electron chi connectivity index (χ2n) is 3.48. The number of rotatable bonds is 3. The van der Waals surface area contributed by atoms with E-state index in [0.29, 0.717) is 5.56 Å². The van der Waals surface area contributed by atoms with Gasteiger partial charge in [-0.2, -0.15) is 0 Å². The molecule has 4 N–H and O–H groups in total. The Balaban J connectivity index is 2.44. The number of carbonyl (C=O) groups excluding carboxylic acids is 1. The zero-order chi connectivity index (χ0) is 11.7. The third-order valence-electron chi connectivity index (χ3n) is 2.42. The number of aliphatic hydroxyl groups excluding tert-OH is 2. The van der Waals surface area contributed by atoms with Gasteiger partial charge in [0.25, 0.3) is 0 Å². The van der Waals surface area contributed by atoms with E-state index in [9.17, 15) is 15.0 Å². The highest BCUT2D eigenvalue weighted by Crippen LogP contribution is 2.31. The summed E-state index contributed by atoms with van der Waals surface area (Å²) in [5, 5.41) is 21.8. The first kappa shape index (κ1) is 11.1. The minimum Gasteiger partial charge on any atom is -0.385 e. The van der Waals surface area contributed by atoms with Gasteiger partial charge in [-0.15, -0.1) is 11.3 Å². The summed E-state index contributed by atoms with van der Waals surface area (Å²) in [5.74, 6) is -0.928. The van der Waals surface area contributed by atoms with Crippen LogP contribution in [0, 0.1) is 0 Å². The molecule has 0 saturated heterocycles. The number of nitrogens with two attached hydrogens (primary N) is 1. The predicted octanol–water partition coefficient (Wildman–Crippen LogP) is 0.781. The van der Waals surface area contributed by atoms with Gasteiger partial charge >= 0.3 is 0 Å². The highest BCUT2D eigenvalue weighted by atomic mass is 32.1. The van der Waals surface area contributed by atoms with Gasteiger partial charge in [0, 0.05) is 10.3 Å². The van der Waals surface area contributed by atoms with Crippen molar-refractivity contribution in [2.75, 3.05) is 0 Å². The molecule has 1 amide bonds. The standard InChI is InChI=1S/C11H11NO3S/c12-11(15)10(14)9(13)7-5-16-8-4-2-1-3-6(7)8/h1-5,9-10,13-14H,(H2,12,15). The van der Waals surface area contributed by atoms with Crippen LogP contribution in [0.25, 0.3) is 10.1 Å². The second kappa shape index (κ2) is 4.21. The molecule has 0 aliphatic rings. The molecule has 1 aromatic heterocycles. The highest BCUT2D eigenvalue weighted by Gasteiger charge is 2.25. The lowest BCUT2D eigenvalue weighted by Gasteiger charge is -2.13. The van der Waals surface area contributed by atoms with Gasteiger partial charge in [-0.1, -0.05) is 18.2 Å². The molecule has 0 aliphatic carbocycles. The minimum atomic E-state index is -1.57. The van der Waals surface area contributed by atoms with Crippen LogP contribution in [0.2, 0.25) is 0 Å². The summed E-state index contributed by atoms with van der Waals surface area (Å²) in [6.07, 6.45) is -2.84. The van der Waals surface area contributed by atoms with E-state index in [2.05, 4.69) is 0 Å². The van der Waals surface area contributed by atoms with Crippen LogP contribution < -0.4 is 5.73 Å². The van der Waals surface area contributed by atoms with Gasteiger partial charge in [0.2, 0.25) is 5.91 Å². The van der Waals surface area contributed by atoms with E-state index in [1.165, 1.54) is 11.3 Å². The molecular formula is C11H11NO3S. The quantitative estimate of drug-likeness (QED) is 0.737. The van der Waals surface area contributed by atoms with Crippen molar-refractivity contribution >= 4 is 27.3 Å². The number of fused-ring (bicyclic) bond motifs is 1. The Bertz CT molecular complexity index is 523. The van der Waals surface area contributed by atoms with Crippen LogP contribution in [-0.4, -0.2) is 22.2 Å². The minimum absolute atomic E-state index is 0.534. The van der Waals surface area contributed by atoms with Gasteiger partial charge in [-0.3, -0.25) is 4.79 Å². The lowest BCUT2D eigenvalue weighted by Crippen LogP contribution is -2.33. The zero-order valence-corrected chi connectivity index (χ0v) is 9.15. The predicted molar refractivity (Wildman–Crippen MR) is 62.0 cm³/mol. The molecule has 0 fully saturated rings. The number of carbonyl (C=O) groups is 1. The normalized spacial score (nSPS) is 14.9. The highest BCUT2D eigenvalue weighted by molar-refractivity contribution is 7.17. The van der Waals surface area contributed by atoms with Crippen molar-refractivity contribution in [2.45, 2.75) is 12.2 Å². The fourth-order valence-corrected chi connectivity index (χ4v) is 2.54. The molecule has 0 bridgehead atoms. The van der Waals surface area contributed by atoms with Gasteiger partial charge in [-0.05, 0) is 16.8 Å². The first-order valence-corrected chi connectivity index (χ1v) is 5.61. The SMILES string of the molecule is NC(=O)C(O)C(O)c1csc2ccccc12. The van der Waals surface area contributed by atoms with Gasteiger partial charge in [-0.25, -0.2) is 0 Å². The number of hydrogen-bond acceptors (Lipinski definition) is 4. The molecule has 16 heavy (non-hydrogen) atoms. The summed E-state index contributed by atoms with van der Waals surface area (Å²) in [5.41, 5.74) is 5.48. The third-order valence-corrected chi connectivity index (χ3v) is 3.40. The largest absolute Gasteiger partial charge is 0.385 e. The number of hydrogen-bond donors (Lipinski definition) is 3. The van der Waals surface area contributed by atoms with E-state index in [0.717, 1.165) is 10.1 Å². The topological polar surface area (TPSA) is 83.6 Å². The molecule has 0 saturated carbocycles. The van der Waals surface area contributed by atoms with Crippen molar-refractivity contribution in [3.63, 3.8) is 0 Å². The Morgan fingerprint density at radius 1 is 1.31 bits per heavy atom. The summed E-state index contributed by atoms with van der Waals surface area (Å²) in [4.78, 5) is 10.8. The molecule has 0 aliphatic heterocycles. The smallest absolute Gasteiger partial charge is 0.249 e. The molecule has 84 valence electrons. The van der Waals surface area contributed by atoms with E-state index in [1.807, 2.05) is 24.3 Å². The Hall–Kier alpha value is -1.43. The Labute approximate surface area is 95.9 Å². The van der Waals surface area contributed by atoms with Crippen LogP contribution in [-0.2, 0) is 4.79 Å². The van der Waals surface area contributed by atoms with Crippen LogP contribution in [0.5, 0.6) is 0 Å². The van der Waals surface area contributed by atoms with E-state index in [-0.39, 0.29) is 0 Å². The molecule has 2 unspecified atom stereocenters. The zero-order valence-electron chi connectivity index (χ0n) is 8.33. The average Bonchev–Trinajstić information content (AvgIpc) is 2.70. The van der Waals surface area contributed by atoms with Crippen molar-refractivity contribution in [1.82, 2.24) is 0 Å². The van der Waals surface area contributed by atoms with Gasteiger partial charge in [0.1, 0.15) is 6.10 Å². The first-order valence-electron chi connectivity index (χ1n) is 4.73. The van der Waals surface area contributed by atoms with Gasteiger partial charge < -0.3 is 15.9 Å². The van der Waals surface area contributed by atoms with Crippen molar-refractivity contribution in [2.24, 2.45) is 5.73 Å². The summed E-state index contributed by atoms with van der Waals surface area (Å²) in [6.45, 7) is 0. The Morgan fingerprint density at radius 2 is 2.00 bits per heavy atom. The summed E-state index contributed by atoms with van der Waals surface area (Å²) < 4.78 is 0.994. The van der Waals surface area contributed by atoms with E-state index >= 15 is 0 Å². The van der Waals surface area contributed by atoms with E-state index < -0.39 is 18.1 Å². The second-order valence-corrected chi connectivity index (χ2v) is 4.39. The average molecular weight is 237 g/mol. The van der Waals surface area contributed by atoms with Crippen molar-refractivity contribution in [3.8, 4) is 0 Å². The van der Waals surface area contributed by atoms with Crippen LogP contribution in [0.4, 0.5) is 0 Å². The maximum absolute atomic E-state index is 10.8.